The SMILES string of the molecule is CCN1CCOC(CNC(=O)N(CC)CC)C1. The topological polar surface area (TPSA) is 44.8 Å². The lowest BCUT2D eigenvalue weighted by Gasteiger charge is -2.32. The molecule has 5 heteroatoms. The van der Waals surface area contributed by atoms with E-state index in [4.69, 9.17) is 4.74 Å². The van der Waals surface area contributed by atoms with Gasteiger partial charge >= 0.3 is 6.03 Å². The van der Waals surface area contributed by atoms with Gasteiger partial charge in [0.25, 0.3) is 0 Å². The van der Waals surface area contributed by atoms with E-state index in [1.165, 1.54) is 0 Å². The van der Waals surface area contributed by atoms with Gasteiger partial charge in [0.15, 0.2) is 0 Å². The summed E-state index contributed by atoms with van der Waals surface area (Å²) in [5, 5.41) is 2.93. The maximum absolute atomic E-state index is 11.7. The van der Waals surface area contributed by atoms with Gasteiger partial charge in [-0.15, -0.1) is 0 Å². The van der Waals surface area contributed by atoms with Crippen LogP contribution in [0.15, 0.2) is 0 Å². The summed E-state index contributed by atoms with van der Waals surface area (Å²) in [5.74, 6) is 0. The highest BCUT2D eigenvalue weighted by Crippen LogP contribution is 2.03. The smallest absolute Gasteiger partial charge is 0.317 e. The number of amides is 2. The summed E-state index contributed by atoms with van der Waals surface area (Å²) in [4.78, 5) is 15.9. The van der Waals surface area contributed by atoms with E-state index in [0.717, 1.165) is 39.3 Å². The second kappa shape index (κ2) is 7.50. The van der Waals surface area contributed by atoms with Gasteiger partial charge in [-0.25, -0.2) is 4.79 Å². The van der Waals surface area contributed by atoms with Crippen LogP contribution in [0.3, 0.4) is 0 Å². The van der Waals surface area contributed by atoms with Crippen LogP contribution in [0.5, 0.6) is 0 Å². The minimum absolute atomic E-state index is 0.00669. The Hall–Kier alpha value is -0.810. The van der Waals surface area contributed by atoms with Crippen LogP contribution >= 0.6 is 0 Å². The first-order chi connectivity index (χ1) is 8.21. The molecule has 1 heterocycles. The number of carbonyl (C=O) groups is 1. The minimum atomic E-state index is 0.00669. The first kappa shape index (κ1) is 14.3. The van der Waals surface area contributed by atoms with Gasteiger partial charge in [-0.05, 0) is 20.4 Å². The molecule has 2 amide bonds. The van der Waals surface area contributed by atoms with Crippen LogP contribution in [0.4, 0.5) is 4.79 Å². The van der Waals surface area contributed by atoms with Crippen molar-refractivity contribution >= 4 is 6.03 Å². The molecular formula is C12H25N3O2. The number of nitrogens with zero attached hydrogens (tertiary/aromatic N) is 2. The van der Waals surface area contributed by atoms with Crippen molar-refractivity contribution in [2.45, 2.75) is 26.9 Å². The Morgan fingerprint density at radius 3 is 2.71 bits per heavy atom. The van der Waals surface area contributed by atoms with Gasteiger partial charge in [0.2, 0.25) is 0 Å². The lowest BCUT2D eigenvalue weighted by atomic mass is 10.2. The number of urea groups is 1. The summed E-state index contributed by atoms with van der Waals surface area (Å²) < 4.78 is 5.63. The molecule has 0 aliphatic carbocycles. The van der Waals surface area contributed by atoms with Crippen molar-refractivity contribution in [2.24, 2.45) is 0 Å². The largest absolute Gasteiger partial charge is 0.374 e. The number of carbonyl (C=O) groups excluding carboxylic acids is 1. The van der Waals surface area contributed by atoms with Gasteiger partial charge in [-0.3, -0.25) is 4.90 Å². The fourth-order valence-electron chi connectivity index (χ4n) is 2.01. The third-order valence-electron chi connectivity index (χ3n) is 3.20. The van der Waals surface area contributed by atoms with E-state index in [1.54, 1.807) is 4.90 Å². The molecule has 1 N–H and O–H groups in total. The van der Waals surface area contributed by atoms with Crippen molar-refractivity contribution in [3.63, 3.8) is 0 Å². The Kier molecular flexibility index (Phi) is 6.29. The van der Waals surface area contributed by atoms with Gasteiger partial charge in [0, 0.05) is 32.7 Å². The normalized spacial score (nSPS) is 21.2. The molecule has 1 rings (SSSR count). The molecule has 0 spiro atoms. The lowest BCUT2D eigenvalue weighted by Crippen LogP contribution is -2.49. The average Bonchev–Trinajstić information content (AvgIpc) is 2.38. The van der Waals surface area contributed by atoms with Crippen molar-refractivity contribution in [1.82, 2.24) is 15.1 Å². The molecule has 17 heavy (non-hydrogen) atoms. The Labute approximate surface area is 104 Å². The molecule has 1 saturated heterocycles. The minimum Gasteiger partial charge on any atom is -0.374 e. The summed E-state index contributed by atoms with van der Waals surface area (Å²) in [6.07, 6.45) is 0.128. The van der Waals surface area contributed by atoms with E-state index in [-0.39, 0.29) is 12.1 Å². The zero-order valence-corrected chi connectivity index (χ0v) is 11.2. The molecule has 0 bridgehead atoms. The first-order valence-electron chi connectivity index (χ1n) is 6.57. The summed E-state index contributed by atoms with van der Waals surface area (Å²) in [6, 6.07) is 0.00669. The van der Waals surface area contributed by atoms with Crippen LogP contribution in [-0.4, -0.2) is 67.8 Å². The summed E-state index contributed by atoms with van der Waals surface area (Å²) in [5.41, 5.74) is 0. The number of hydrogen-bond acceptors (Lipinski definition) is 3. The highest BCUT2D eigenvalue weighted by atomic mass is 16.5. The summed E-state index contributed by atoms with van der Waals surface area (Å²) >= 11 is 0. The van der Waals surface area contributed by atoms with E-state index < -0.39 is 0 Å². The molecular weight excluding hydrogens is 218 g/mol. The molecule has 0 saturated carbocycles. The predicted octanol–water partition coefficient (Wildman–Crippen LogP) is 0.759. The van der Waals surface area contributed by atoms with Crippen LogP contribution in [0.25, 0.3) is 0 Å². The Morgan fingerprint density at radius 2 is 2.12 bits per heavy atom. The molecule has 0 aromatic rings. The molecule has 0 aromatic carbocycles. The number of ether oxygens (including phenoxy) is 1. The van der Waals surface area contributed by atoms with Gasteiger partial charge in [0.1, 0.15) is 0 Å². The monoisotopic (exact) mass is 243 g/mol. The van der Waals surface area contributed by atoms with Crippen molar-refractivity contribution < 1.29 is 9.53 Å². The van der Waals surface area contributed by atoms with Crippen LogP contribution in [0.2, 0.25) is 0 Å². The number of morpholine rings is 1. The standard InChI is InChI=1S/C12H25N3O2/c1-4-14-7-8-17-11(10-14)9-13-12(16)15(5-2)6-3/h11H,4-10H2,1-3H3,(H,13,16). The van der Waals surface area contributed by atoms with Gasteiger partial charge in [0.05, 0.1) is 12.7 Å². The molecule has 0 radical (unpaired) electrons. The lowest BCUT2D eigenvalue weighted by molar-refractivity contribution is -0.0243. The van der Waals surface area contributed by atoms with E-state index in [1.807, 2.05) is 13.8 Å². The molecule has 1 fully saturated rings. The van der Waals surface area contributed by atoms with Crippen molar-refractivity contribution in [3.8, 4) is 0 Å². The second-order valence-corrected chi connectivity index (χ2v) is 4.24. The van der Waals surface area contributed by atoms with Crippen molar-refractivity contribution in [2.75, 3.05) is 45.9 Å². The van der Waals surface area contributed by atoms with E-state index in [9.17, 15) is 4.79 Å². The van der Waals surface area contributed by atoms with E-state index >= 15 is 0 Å². The summed E-state index contributed by atoms with van der Waals surface area (Å²) in [7, 11) is 0. The fraction of sp³-hybridized carbons (Fsp3) is 0.917. The Bertz CT molecular complexity index is 232. The van der Waals surface area contributed by atoms with Crippen LogP contribution in [-0.2, 0) is 4.74 Å². The third kappa shape index (κ3) is 4.52. The number of hydrogen-bond donors (Lipinski definition) is 1. The third-order valence-corrected chi connectivity index (χ3v) is 3.20. The molecule has 0 aromatic heterocycles. The molecule has 100 valence electrons. The van der Waals surface area contributed by atoms with Gasteiger partial charge in [-0.1, -0.05) is 6.92 Å². The van der Waals surface area contributed by atoms with Gasteiger partial charge in [-0.2, -0.15) is 0 Å². The second-order valence-electron chi connectivity index (χ2n) is 4.24. The van der Waals surface area contributed by atoms with Crippen molar-refractivity contribution in [1.29, 1.82) is 0 Å². The Balaban J connectivity index is 2.27. The van der Waals surface area contributed by atoms with E-state index in [0.29, 0.717) is 6.54 Å². The van der Waals surface area contributed by atoms with Crippen LogP contribution < -0.4 is 5.32 Å². The number of likely N-dealkylation sites (N-methyl/N-ethyl adjacent to an activating group) is 1. The van der Waals surface area contributed by atoms with E-state index in [2.05, 4.69) is 17.1 Å². The van der Waals surface area contributed by atoms with Gasteiger partial charge < -0.3 is 15.0 Å². The number of rotatable bonds is 5. The summed E-state index contributed by atoms with van der Waals surface area (Å²) in [6.45, 7) is 11.9. The van der Waals surface area contributed by atoms with Crippen molar-refractivity contribution in [3.05, 3.63) is 0 Å². The first-order valence-corrected chi connectivity index (χ1v) is 6.57. The molecule has 5 nitrogen and oxygen atoms in total. The molecule has 1 atom stereocenters. The van der Waals surface area contributed by atoms with Crippen LogP contribution in [0.1, 0.15) is 20.8 Å². The zero-order valence-electron chi connectivity index (χ0n) is 11.2. The molecule has 1 aliphatic rings. The quantitative estimate of drug-likeness (QED) is 0.775. The molecule has 1 unspecified atom stereocenters. The predicted molar refractivity (Wildman–Crippen MR) is 68.2 cm³/mol. The Morgan fingerprint density at radius 1 is 1.41 bits per heavy atom. The zero-order chi connectivity index (χ0) is 12.7. The highest BCUT2D eigenvalue weighted by molar-refractivity contribution is 5.74. The maximum atomic E-state index is 11.7. The fourth-order valence-corrected chi connectivity index (χ4v) is 2.01. The molecule has 1 aliphatic heterocycles. The maximum Gasteiger partial charge on any atom is 0.317 e. The average molecular weight is 243 g/mol. The van der Waals surface area contributed by atoms with Crippen LogP contribution in [0, 0.1) is 0 Å². The highest BCUT2D eigenvalue weighted by Gasteiger charge is 2.20. The number of nitrogens with one attached hydrogen (secondary N) is 1.